The molecule has 2 nitrogen and oxygen atoms in total. The summed E-state index contributed by atoms with van der Waals surface area (Å²) in [5.41, 5.74) is 5.39. The lowest BCUT2D eigenvalue weighted by atomic mass is 9.97. The molecule has 0 bridgehead atoms. The number of halogens is 4. The summed E-state index contributed by atoms with van der Waals surface area (Å²) < 4.78 is 56.4. The van der Waals surface area contributed by atoms with Crippen LogP contribution >= 0.6 is 0 Å². The highest BCUT2D eigenvalue weighted by atomic mass is 19.4. The molecule has 2 N–H and O–H groups in total. The average molecular weight is 299 g/mol. The minimum absolute atomic E-state index is 0.178. The number of hydrogen-bond acceptors (Lipinski definition) is 2. The maximum Gasteiger partial charge on any atom is 0.419 e. The summed E-state index contributed by atoms with van der Waals surface area (Å²) in [6.45, 7) is 0. The van der Waals surface area contributed by atoms with Gasteiger partial charge < -0.3 is 10.5 Å². The minimum atomic E-state index is -4.76. The fourth-order valence-corrected chi connectivity index (χ4v) is 1.98. The molecule has 2 aromatic carbocycles. The van der Waals surface area contributed by atoms with E-state index in [9.17, 15) is 17.6 Å². The van der Waals surface area contributed by atoms with Gasteiger partial charge in [0.05, 0.1) is 18.7 Å². The lowest BCUT2D eigenvalue weighted by Crippen LogP contribution is -2.15. The van der Waals surface area contributed by atoms with Crippen LogP contribution in [0.25, 0.3) is 0 Å². The van der Waals surface area contributed by atoms with Crippen molar-refractivity contribution < 1.29 is 22.3 Å². The number of methoxy groups -OCH3 is 1. The smallest absolute Gasteiger partial charge is 0.419 e. The standard InChI is InChI=1S/C15H13F4NO/c1-21-11-4-2-3-9(7-11)14(20)10-5-6-13(16)12(8-10)15(17,18)19/h2-8,14H,20H2,1H3. The van der Waals surface area contributed by atoms with E-state index in [1.165, 1.54) is 13.2 Å². The van der Waals surface area contributed by atoms with Crippen LogP contribution in [-0.4, -0.2) is 7.11 Å². The van der Waals surface area contributed by atoms with E-state index in [1.54, 1.807) is 24.3 Å². The van der Waals surface area contributed by atoms with Crippen molar-refractivity contribution in [1.29, 1.82) is 0 Å². The van der Waals surface area contributed by atoms with Crippen molar-refractivity contribution in [3.8, 4) is 5.75 Å². The molecule has 0 heterocycles. The van der Waals surface area contributed by atoms with Gasteiger partial charge in [-0.25, -0.2) is 4.39 Å². The maximum atomic E-state index is 13.3. The first-order valence-corrected chi connectivity index (χ1v) is 6.09. The SMILES string of the molecule is COc1cccc(C(N)c2ccc(F)c(C(F)(F)F)c2)c1. The molecule has 0 saturated heterocycles. The predicted octanol–water partition coefficient (Wildman–Crippen LogP) is 3.90. The zero-order valence-electron chi connectivity index (χ0n) is 11.1. The summed E-state index contributed by atoms with van der Waals surface area (Å²) >= 11 is 0. The van der Waals surface area contributed by atoms with E-state index in [4.69, 9.17) is 10.5 Å². The van der Waals surface area contributed by atoms with Gasteiger partial charge in [-0.05, 0) is 35.4 Å². The first-order valence-electron chi connectivity index (χ1n) is 6.09. The van der Waals surface area contributed by atoms with Crippen LogP contribution in [0, 0.1) is 5.82 Å². The largest absolute Gasteiger partial charge is 0.497 e. The van der Waals surface area contributed by atoms with Gasteiger partial charge in [-0.2, -0.15) is 13.2 Å². The van der Waals surface area contributed by atoms with E-state index in [2.05, 4.69) is 0 Å². The Morgan fingerprint density at radius 3 is 2.33 bits per heavy atom. The van der Waals surface area contributed by atoms with Gasteiger partial charge in [0.15, 0.2) is 0 Å². The Labute approximate surface area is 119 Å². The van der Waals surface area contributed by atoms with Crippen LogP contribution in [0.3, 0.4) is 0 Å². The Morgan fingerprint density at radius 1 is 1.05 bits per heavy atom. The van der Waals surface area contributed by atoms with Crippen LogP contribution in [0.5, 0.6) is 5.75 Å². The molecule has 112 valence electrons. The molecule has 0 fully saturated rings. The minimum Gasteiger partial charge on any atom is -0.497 e. The van der Waals surface area contributed by atoms with E-state index < -0.39 is 23.6 Å². The molecule has 6 heteroatoms. The van der Waals surface area contributed by atoms with Gasteiger partial charge >= 0.3 is 6.18 Å². The summed E-state index contributed by atoms with van der Waals surface area (Å²) in [5.74, 6) is -0.773. The van der Waals surface area contributed by atoms with Crippen molar-refractivity contribution in [2.45, 2.75) is 12.2 Å². The van der Waals surface area contributed by atoms with Gasteiger partial charge in [-0.3, -0.25) is 0 Å². The second-order valence-corrected chi connectivity index (χ2v) is 4.49. The van der Waals surface area contributed by atoms with Crippen molar-refractivity contribution in [1.82, 2.24) is 0 Å². The van der Waals surface area contributed by atoms with Gasteiger partial charge in [-0.15, -0.1) is 0 Å². The molecule has 1 atom stereocenters. The molecule has 0 aliphatic heterocycles. The second-order valence-electron chi connectivity index (χ2n) is 4.49. The normalized spacial score (nSPS) is 13.0. The number of hydrogen-bond donors (Lipinski definition) is 1. The van der Waals surface area contributed by atoms with Crippen molar-refractivity contribution in [2.75, 3.05) is 7.11 Å². The molecule has 2 rings (SSSR count). The molecular formula is C15H13F4NO. The number of alkyl halides is 3. The van der Waals surface area contributed by atoms with E-state index >= 15 is 0 Å². The molecule has 0 radical (unpaired) electrons. The van der Waals surface area contributed by atoms with Crippen molar-refractivity contribution in [2.24, 2.45) is 5.73 Å². The van der Waals surface area contributed by atoms with Crippen LogP contribution in [0.2, 0.25) is 0 Å². The molecule has 21 heavy (non-hydrogen) atoms. The van der Waals surface area contributed by atoms with E-state index in [0.29, 0.717) is 11.3 Å². The van der Waals surface area contributed by atoms with Crippen LogP contribution in [0.15, 0.2) is 42.5 Å². The quantitative estimate of drug-likeness (QED) is 0.872. The van der Waals surface area contributed by atoms with E-state index in [0.717, 1.165) is 12.1 Å². The fraction of sp³-hybridized carbons (Fsp3) is 0.200. The van der Waals surface area contributed by atoms with Crippen molar-refractivity contribution in [3.05, 3.63) is 65.0 Å². The van der Waals surface area contributed by atoms with E-state index in [1.807, 2.05) is 0 Å². The topological polar surface area (TPSA) is 35.2 Å². The molecule has 0 aliphatic rings. The molecule has 2 aromatic rings. The predicted molar refractivity (Wildman–Crippen MR) is 70.4 cm³/mol. The third kappa shape index (κ3) is 3.33. The highest BCUT2D eigenvalue weighted by Gasteiger charge is 2.34. The highest BCUT2D eigenvalue weighted by Crippen LogP contribution is 2.34. The first kappa shape index (κ1) is 15.3. The summed E-state index contributed by atoms with van der Waals surface area (Å²) in [5, 5.41) is 0. The van der Waals surface area contributed by atoms with Gasteiger partial charge in [0.2, 0.25) is 0 Å². The summed E-state index contributed by atoms with van der Waals surface area (Å²) in [4.78, 5) is 0. The lowest BCUT2D eigenvalue weighted by molar-refractivity contribution is -0.140. The molecule has 0 spiro atoms. The molecule has 0 amide bonds. The number of ether oxygens (including phenoxy) is 1. The fourth-order valence-electron chi connectivity index (χ4n) is 1.98. The van der Waals surface area contributed by atoms with Gasteiger partial charge in [0.25, 0.3) is 0 Å². The number of nitrogens with two attached hydrogens (primary N) is 1. The lowest BCUT2D eigenvalue weighted by Gasteiger charge is -2.16. The Morgan fingerprint density at radius 2 is 1.71 bits per heavy atom. The third-order valence-electron chi connectivity index (χ3n) is 3.11. The number of benzene rings is 2. The Balaban J connectivity index is 2.41. The van der Waals surface area contributed by atoms with Crippen LogP contribution in [0.4, 0.5) is 17.6 Å². The maximum absolute atomic E-state index is 13.3. The molecule has 1 unspecified atom stereocenters. The van der Waals surface area contributed by atoms with Crippen molar-refractivity contribution in [3.63, 3.8) is 0 Å². The van der Waals surface area contributed by atoms with Gasteiger partial charge in [-0.1, -0.05) is 18.2 Å². The Kier molecular flexibility index (Phi) is 4.18. The Hall–Kier alpha value is -2.08. The summed E-state index contributed by atoms with van der Waals surface area (Å²) in [6, 6.07) is 8.63. The molecular weight excluding hydrogens is 286 g/mol. The monoisotopic (exact) mass is 299 g/mol. The first-order chi connectivity index (χ1) is 9.82. The summed E-state index contributed by atoms with van der Waals surface area (Å²) in [6.07, 6.45) is -4.76. The summed E-state index contributed by atoms with van der Waals surface area (Å²) in [7, 11) is 1.48. The molecule has 0 saturated carbocycles. The van der Waals surface area contributed by atoms with E-state index in [-0.39, 0.29) is 5.56 Å². The number of rotatable bonds is 3. The second kappa shape index (κ2) is 5.73. The zero-order chi connectivity index (χ0) is 15.6. The molecule has 0 aliphatic carbocycles. The zero-order valence-corrected chi connectivity index (χ0v) is 11.1. The van der Waals surface area contributed by atoms with Crippen LogP contribution < -0.4 is 10.5 Å². The molecule has 0 aromatic heterocycles. The van der Waals surface area contributed by atoms with Crippen LogP contribution in [-0.2, 0) is 6.18 Å². The average Bonchev–Trinajstić information content (AvgIpc) is 2.46. The van der Waals surface area contributed by atoms with Crippen molar-refractivity contribution >= 4 is 0 Å². The van der Waals surface area contributed by atoms with Gasteiger partial charge in [0, 0.05) is 0 Å². The highest BCUT2D eigenvalue weighted by molar-refractivity contribution is 5.38. The Bertz CT molecular complexity index is 640. The van der Waals surface area contributed by atoms with Crippen LogP contribution in [0.1, 0.15) is 22.7 Å². The van der Waals surface area contributed by atoms with Gasteiger partial charge in [0.1, 0.15) is 11.6 Å². The third-order valence-corrected chi connectivity index (χ3v) is 3.11.